The fourth-order valence-electron chi connectivity index (χ4n) is 2.36. The van der Waals surface area contributed by atoms with Gasteiger partial charge in [-0.2, -0.15) is 0 Å². The van der Waals surface area contributed by atoms with Gasteiger partial charge in [-0.25, -0.2) is 4.98 Å². The zero-order valence-electron chi connectivity index (χ0n) is 12.3. The Labute approximate surface area is 129 Å². The summed E-state index contributed by atoms with van der Waals surface area (Å²) in [7, 11) is 0. The van der Waals surface area contributed by atoms with Gasteiger partial charge in [0.25, 0.3) is 0 Å². The van der Waals surface area contributed by atoms with Crippen LogP contribution in [0.4, 0.5) is 5.69 Å². The Morgan fingerprint density at radius 2 is 1.81 bits per heavy atom. The first kappa shape index (κ1) is 13.8. The number of hydrogen-bond donors (Lipinski definition) is 1. The maximum absolute atomic E-state index is 5.86. The number of benzene rings is 2. The van der Waals surface area contributed by atoms with Crippen LogP contribution in [-0.2, 0) is 6.42 Å². The molecule has 106 valence electrons. The third-order valence-corrected chi connectivity index (χ3v) is 4.59. The monoisotopic (exact) mass is 294 g/mol. The summed E-state index contributed by atoms with van der Waals surface area (Å²) < 4.78 is 0. The van der Waals surface area contributed by atoms with Crippen LogP contribution in [0.2, 0.25) is 0 Å². The Balaban J connectivity index is 2.01. The lowest BCUT2D eigenvalue weighted by molar-refractivity contribution is 1.14. The molecule has 0 aliphatic carbocycles. The largest absolute Gasteiger partial charge is 0.399 e. The molecule has 1 aromatic heterocycles. The number of aromatic nitrogens is 1. The van der Waals surface area contributed by atoms with Crippen molar-refractivity contribution in [3.8, 4) is 21.8 Å². The highest BCUT2D eigenvalue weighted by Gasteiger charge is 2.11. The van der Waals surface area contributed by atoms with Crippen LogP contribution in [-0.4, -0.2) is 4.98 Å². The van der Waals surface area contributed by atoms with Gasteiger partial charge >= 0.3 is 0 Å². The summed E-state index contributed by atoms with van der Waals surface area (Å²) in [6.45, 7) is 4.29. The van der Waals surface area contributed by atoms with E-state index in [4.69, 9.17) is 10.7 Å². The number of rotatable bonds is 3. The van der Waals surface area contributed by atoms with Crippen LogP contribution in [0, 0.1) is 6.92 Å². The maximum Gasteiger partial charge on any atom is 0.124 e. The Morgan fingerprint density at radius 1 is 1.05 bits per heavy atom. The molecule has 3 heteroatoms. The molecule has 3 aromatic rings. The normalized spacial score (nSPS) is 10.8. The van der Waals surface area contributed by atoms with Crippen LogP contribution < -0.4 is 5.73 Å². The summed E-state index contributed by atoms with van der Waals surface area (Å²) in [6, 6.07) is 16.6. The number of thiazole rings is 1. The Hall–Kier alpha value is -2.13. The van der Waals surface area contributed by atoms with Crippen LogP contribution in [0.15, 0.2) is 48.5 Å². The molecule has 0 saturated heterocycles. The average molecular weight is 294 g/mol. The molecule has 0 unspecified atom stereocenters. The average Bonchev–Trinajstić information content (AvgIpc) is 2.89. The minimum absolute atomic E-state index is 0.772. The zero-order chi connectivity index (χ0) is 14.8. The van der Waals surface area contributed by atoms with E-state index in [0.29, 0.717) is 0 Å². The lowest BCUT2D eigenvalue weighted by Crippen LogP contribution is -1.85. The van der Waals surface area contributed by atoms with E-state index in [0.717, 1.165) is 28.4 Å². The molecule has 2 N–H and O–H groups in total. The summed E-state index contributed by atoms with van der Waals surface area (Å²) >= 11 is 1.71. The molecular weight excluding hydrogens is 276 g/mol. The summed E-state index contributed by atoms with van der Waals surface area (Å²) in [6.07, 6.45) is 1.06. The summed E-state index contributed by atoms with van der Waals surface area (Å²) in [4.78, 5) is 6.04. The van der Waals surface area contributed by atoms with Gasteiger partial charge in [-0.15, -0.1) is 11.3 Å². The number of nitrogens with two attached hydrogens (primary N) is 1. The summed E-state index contributed by atoms with van der Waals surface area (Å²) in [5.74, 6) is 0. The number of aryl methyl sites for hydroxylation is 2. The summed E-state index contributed by atoms with van der Waals surface area (Å²) in [5.41, 5.74) is 11.3. The van der Waals surface area contributed by atoms with E-state index in [9.17, 15) is 0 Å². The molecule has 0 aliphatic rings. The van der Waals surface area contributed by atoms with Gasteiger partial charge in [0.05, 0.1) is 5.69 Å². The predicted molar refractivity (Wildman–Crippen MR) is 91.5 cm³/mol. The van der Waals surface area contributed by atoms with E-state index in [2.05, 4.69) is 44.2 Å². The second kappa shape index (κ2) is 5.70. The lowest BCUT2D eigenvalue weighted by atomic mass is 10.1. The number of anilines is 1. The first-order valence-electron chi connectivity index (χ1n) is 7.10. The van der Waals surface area contributed by atoms with Gasteiger partial charge < -0.3 is 5.73 Å². The SMILES string of the molecule is CCc1ccc(-c2nc(-c3cccc(N)c3)sc2C)cc1. The molecule has 2 aromatic carbocycles. The van der Waals surface area contributed by atoms with Crippen molar-refractivity contribution in [3.05, 3.63) is 59.0 Å². The second-order valence-electron chi connectivity index (χ2n) is 5.10. The van der Waals surface area contributed by atoms with Crippen molar-refractivity contribution in [2.45, 2.75) is 20.3 Å². The predicted octanol–water partition coefficient (Wildman–Crippen LogP) is 4.93. The van der Waals surface area contributed by atoms with Crippen molar-refractivity contribution in [3.63, 3.8) is 0 Å². The molecule has 0 amide bonds. The molecule has 3 rings (SSSR count). The molecule has 21 heavy (non-hydrogen) atoms. The van der Waals surface area contributed by atoms with E-state index in [1.165, 1.54) is 16.0 Å². The fraction of sp³-hybridized carbons (Fsp3) is 0.167. The first-order chi connectivity index (χ1) is 10.2. The molecule has 2 nitrogen and oxygen atoms in total. The minimum Gasteiger partial charge on any atom is -0.399 e. The van der Waals surface area contributed by atoms with E-state index in [1.54, 1.807) is 11.3 Å². The van der Waals surface area contributed by atoms with Gasteiger partial charge in [0.1, 0.15) is 5.01 Å². The quantitative estimate of drug-likeness (QED) is 0.696. The molecule has 0 aliphatic heterocycles. The highest BCUT2D eigenvalue weighted by Crippen LogP contribution is 2.33. The van der Waals surface area contributed by atoms with E-state index in [-0.39, 0.29) is 0 Å². The fourth-order valence-corrected chi connectivity index (χ4v) is 3.29. The van der Waals surface area contributed by atoms with Gasteiger partial charge in [0.2, 0.25) is 0 Å². The van der Waals surface area contributed by atoms with Crippen molar-refractivity contribution >= 4 is 17.0 Å². The van der Waals surface area contributed by atoms with E-state index >= 15 is 0 Å². The topological polar surface area (TPSA) is 38.9 Å². The van der Waals surface area contributed by atoms with E-state index < -0.39 is 0 Å². The molecule has 0 atom stereocenters. The third-order valence-electron chi connectivity index (χ3n) is 3.57. The van der Waals surface area contributed by atoms with Gasteiger partial charge in [-0.1, -0.05) is 43.3 Å². The molecule has 0 radical (unpaired) electrons. The number of nitrogens with zero attached hydrogens (tertiary/aromatic N) is 1. The molecule has 0 spiro atoms. The highest BCUT2D eigenvalue weighted by atomic mass is 32.1. The van der Waals surface area contributed by atoms with Crippen LogP contribution in [0.25, 0.3) is 21.8 Å². The molecule has 0 fully saturated rings. The molecule has 0 saturated carbocycles. The molecular formula is C18H18N2S. The zero-order valence-corrected chi connectivity index (χ0v) is 13.1. The van der Waals surface area contributed by atoms with Crippen molar-refractivity contribution in [1.29, 1.82) is 0 Å². The van der Waals surface area contributed by atoms with Crippen LogP contribution in [0.5, 0.6) is 0 Å². The Morgan fingerprint density at radius 3 is 2.48 bits per heavy atom. The van der Waals surface area contributed by atoms with Crippen molar-refractivity contribution < 1.29 is 0 Å². The van der Waals surface area contributed by atoms with Gasteiger partial charge in [-0.05, 0) is 31.0 Å². The summed E-state index contributed by atoms with van der Waals surface area (Å²) in [5, 5.41) is 1.02. The van der Waals surface area contributed by atoms with E-state index in [1.807, 2.05) is 18.2 Å². The van der Waals surface area contributed by atoms with Crippen molar-refractivity contribution in [1.82, 2.24) is 4.98 Å². The lowest BCUT2D eigenvalue weighted by Gasteiger charge is -2.01. The first-order valence-corrected chi connectivity index (χ1v) is 7.91. The number of nitrogen functional groups attached to an aromatic ring is 1. The standard InChI is InChI=1S/C18H18N2S/c1-3-13-7-9-14(10-8-13)17-12(2)21-18(20-17)15-5-4-6-16(19)11-15/h4-11H,3,19H2,1-2H3. The Kier molecular flexibility index (Phi) is 3.76. The van der Waals surface area contributed by atoms with Crippen LogP contribution >= 0.6 is 11.3 Å². The van der Waals surface area contributed by atoms with Crippen molar-refractivity contribution in [2.75, 3.05) is 5.73 Å². The van der Waals surface area contributed by atoms with Gasteiger partial charge in [0, 0.05) is 21.7 Å². The third kappa shape index (κ3) is 2.83. The second-order valence-corrected chi connectivity index (χ2v) is 6.30. The van der Waals surface area contributed by atoms with Crippen molar-refractivity contribution in [2.24, 2.45) is 0 Å². The van der Waals surface area contributed by atoms with Crippen LogP contribution in [0.3, 0.4) is 0 Å². The Bertz CT molecular complexity index is 757. The molecule has 0 bridgehead atoms. The highest BCUT2D eigenvalue weighted by molar-refractivity contribution is 7.15. The van der Waals surface area contributed by atoms with Gasteiger partial charge in [-0.3, -0.25) is 0 Å². The van der Waals surface area contributed by atoms with Gasteiger partial charge in [0.15, 0.2) is 0 Å². The minimum atomic E-state index is 0.772. The smallest absolute Gasteiger partial charge is 0.124 e. The molecule has 1 heterocycles. The number of hydrogen-bond acceptors (Lipinski definition) is 3. The van der Waals surface area contributed by atoms with Crippen LogP contribution in [0.1, 0.15) is 17.4 Å². The maximum atomic E-state index is 5.86.